The lowest BCUT2D eigenvalue weighted by molar-refractivity contribution is 0.00576. The van der Waals surface area contributed by atoms with Crippen molar-refractivity contribution < 1.29 is 9.53 Å². The van der Waals surface area contributed by atoms with Crippen molar-refractivity contribution in [3.63, 3.8) is 0 Å². The summed E-state index contributed by atoms with van der Waals surface area (Å²) in [6, 6.07) is 17.9. The van der Waals surface area contributed by atoms with E-state index < -0.39 is 0 Å². The third-order valence-corrected chi connectivity index (χ3v) is 7.54. The molecule has 0 spiro atoms. The predicted molar refractivity (Wildman–Crippen MR) is 127 cm³/mol. The monoisotopic (exact) mass is 433 g/mol. The van der Waals surface area contributed by atoms with Crippen molar-refractivity contribution in [3.05, 3.63) is 65.2 Å². The summed E-state index contributed by atoms with van der Waals surface area (Å²) < 4.78 is 5.74. The molecule has 1 N–H and O–H groups in total. The van der Waals surface area contributed by atoms with E-state index in [9.17, 15) is 4.79 Å². The number of piperidine rings is 2. The van der Waals surface area contributed by atoms with Crippen molar-refractivity contribution in [3.8, 4) is 5.75 Å². The lowest BCUT2D eigenvalue weighted by atomic mass is 9.76. The van der Waals surface area contributed by atoms with E-state index in [0.717, 1.165) is 51.1 Å². The van der Waals surface area contributed by atoms with E-state index in [4.69, 9.17) is 4.74 Å². The third-order valence-electron chi connectivity index (χ3n) is 7.54. The molecule has 2 fully saturated rings. The van der Waals surface area contributed by atoms with Crippen LogP contribution in [0.25, 0.3) is 0 Å². The van der Waals surface area contributed by atoms with Gasteiger partial charge in [-0.1, -0.05) is 36.4 Å². The lowest BCUT2D eigenvalue weighted by Gasteiger charge is -2.52. The molecule has 5 heteroatoms. The standard InChI is InChI=1S/C27H35N3O2/c1-2-32-23-10-11-24-21(17-23)13-16-29-19-22-9-6-15-30(25(22)18-26(24)29)27(31)28-14-12-20-7-4-3-5-8-20/h3-5,7-8,10-11,17,22,25-26H,2,6,9,12-16,18-19H2,1H3,(H,28,31)/t22-,25+,26-/m1/s1. The van der Waals surface area contributed by atoms with Gasteiger partial charge in [-0.2, -0.15) is 0 Å². The Balaban J connectivity index is 1.27. The average Bonchev–Trinajstić information content (AvgIpc) is 2.83. The van der Waals surface area contributed by atoms with Gasteiger partial charge >= 0.3 is 6.03 Å². The van der Waals surface area contributed by atoms with Gasteiger partial charge in [0, 0.05) is 38.3 Å². The van der Waals surface area contributed by atoms with E-state index in [2.05, 4.69) is 57.6 Å². The van der Waals surface area contributed by atoms with E-state index in [1.165, 1.54) is 23.1 Å². The molecule has 3 atom stereocenters. The first-order valence-electron chi connectivity index (χ1n) is 12.3. The predicted octanol–water partition coefficient (Wildman–Crippen LogP) is 4.42. The summed E-state index contributed by atoms with van der Waals surface area (Å²) in [5.74, 6) is 1.56. The molecule has 2 aromatic carbocycles. The molecule has 2 aromatic rings. The minimum Gasteiger partial charge on any atom is -0.494 e. The first kappa shape index (κ1) is 21.3. The molecular formula is C27H35N3O2. The molecular weight excluding hydrogens is 398 g/mol. The van der Waals surface area contributed by atoms with Crippen molar-refractivity contribution in [1.82, 2.24) is 15.1 Å². The number of likely N-dealkylation sites (tertiary alicyclic amines) is 1. The van der Waals surface area contributed by atoms with Crippen LogP contribution in [0.15, 0.2) is 48.5 Å². The van der Waals surface area contributed by atoms with Gasteiger partial charge in [0.05, 0.1) is 6.61 Å². The fourth-order valence-corrected chi connectivity index (χ4v) is 6.00. The first-order chi connectivity index (χ1) is 15.7. The molecule has 2 saturated heterocycles. The number of urea groups is 1. The van der Waals surface area contributed by atoms with Crippen LogP contribution in [-0.2, 0) is 12.8 Å². The first-order valence-corrected chi connectivity index (χ1v) is 12.3. The summed E-state index contributed by atoms with van der Waals surface area (Å²) >= 11 is 0. The number of amides is 2. The Labute approximate surface area is 191 Å². The minimum atomic E-state index is 0.117. The van der Waals surface area contributed by atoms with Crippen LogP contribution in [0.2, 0.25) is 0 Å². The highest BCUT2D eigenvalue weighted by molar-refractivity contribution is 5.74. The van der Waals surface area contributed by atoms with Gasteiger partial charge in [0.25, 0.3) is 0 Å². The highest BCUT2D eigenvalue weighted by Gasteiger charge is 2.43. The van der Waals surface area contributed by atoms with Crippen LogP contribution in [-0.4, -0.2) is 54.7 Å². The Morgan fingerprint density at radius 3 is 2.88 bits per heavy atom. The molecule has 3 aliphatic heterocycles. The Kier molecular flexibility index (Phi) is 6.35. The average molecular weight is 434 g/mol. The zero-order chi connectivity index (χ0) is 21.9. The van der Waals surface area contributed by atoms with Gasteiger partial charge in [-0.3, -0.25) is 4.90 Å². The van der Waals surface area contributed by atoms with E-state index in [1.807, 2.05) is 13.0 Å². The van der Waals surface area contributed by atoms with Crippen LogP contribution in [0.3, 0.4) is 0 Å². The van der Waals surface area contributed by atoms with Crippen LogP contribution in [0.5, 0.6) is 5.75 Å². The molecule has 3 heterocycles. The number of nitrogens with zero attached hydrogens (tertiary/aromatic N) is 2. The molecule has 2 amide bonds. The fraction of sp³-hybridized carbons (Fsp3) is 0.519. The number of benzene rings is 2. The van der Waals surface area contributed by atoms with E-state index in [0.29, 0.717) is 31.2 Å². The second kappa shape index (κ2) is 9.53. The second-order valence-corrected chi connectivity index (χ2v) is 9.42. The molecule has 0 unspecified atom stereocenters. The summed E-state index contributed by atoms with van der Waals surface area (Å²) in [6.45, 7) is 6.52. The molecule has 5 nitrogen and oxygen atoms in total. The Morgan fingerprint density at radius 1 is 1.16 bits per heavy atom. The molecule has 3 aliphatic rings. The number of rotatable bonds is 5. The number of hydrogen-bond donors (Lipinski definition) is 1. The number of carbonyl (C=O) groups excluding carboxylic acids is 1. The maximum Gasteiger partial charge on any atom is 0.317 e. The normalized spacial score (nSPS) is 24.8. The minimum absolute atomic E-state index is 0.117. The van der Waals surface area contributed by atoms with E-state index in [1.54, 1.807) is 0 Å². The van der Waals surface area contributed by atoms with E-state index >= 15 is 0 Å². The molecule has 0 aliphatic carbocycles. The quantitative estimate of drug-likeness (QED) is 0.759. The van der Waals surface area contributed by atoms with Gasteiger partial charge < -0.3 is 15.0 Å². The highest BCUT2D eigenvalue weighted by Crippen LogP contribution is 2.43. The molecule has 5 rings (SSSR count). The van der Waals surface area contributed by atoms with Gasteiger partial charge in [0.2, 0.25) is 0 Å². The smallest absolute Gasteiger partial charge is 0.317 e. The topological polar surface area (TPSA) is 44.8 Å². The Hall–Kier alpha value is -2.53. The van der Waals surface area contributed by atoms with Crippen LogP contribution < -0.4 is 10.1 Å². The lowest BCUT2D eigenvalue weighted by Crippen LogP contribution is -2.59. The van der Waals surface area contributed by atoms with Crippen LogP contribution in [0.1, 0.15) is 48.9 Å². The number of fused-ring (bicyclic) bond motifs is 4. The van der Waals surface area contributed by atoms with Gasteiger partial charge in [-0.25, -0.2) is 4.79 Å². The van der Waals surface area contributed by atoms with Crippen molar-refractivity contribution in [2.75, 3.05) is 32.8 Å². The Bertz CT molecular complexity index is 932. The highest BCUT2D eigenvalue weighted by atomic mass is 16.5. The number of nitrogens with one attached hydrogen (secondary N) is 1. The van der Waals surface area contributed by atoms with Gasteiger partial charge in [0.15, 0.2) is 0 Å². The van der Waals surface area contributed by atoms with Gasteiger partial charge in [-0.05, 0) is 73.8 Å². The molecule has 32 heavy (non-hydrogen) atoms. The van der Waals surface area contributed by atoms with Crippen LogP contribution >= 0.6 is 0 Å². The Morgan fingerprint density at radius 2 is 2.03 bits per heavy atom. The van der Waals surface area contributed by atoms with Crippen molar-refractivity contribution in [2.24, 2.45) is 5.92 Å². The number of hydrogen-bond acceptors (Lipinski definition) is 3. The number of ether oxygens (including phenoxy) is 1. The second-order valence-electron chi connectivity index (χ2n) is 9.42. The van der Waals surface area contributed by atoms with Crippen molar-refractivity contribution in [1.29, 1.82) is 0 Å². The number of carbonyl (C=O) groups is 1. The summed E-state index contributed by atoms with van der Waals surface area (Å²) in [4.78, 5) is 18.0. The largest absolute Gasteiger partial charge is 0.494 e. The summed E-state index contributed by atoms with van der Waals surface area (Å²) in [5, 5.41) is 3.20. The van der Waals surface area contributed by atoms with Gasteiger partial charge in [0.1, 0.15) is 5.75 Å². The maximum absolute atomic E-state index is 13.2. The summed E-state index contributed by atoms with van der Waals surface area (Å²) in [5.41, 5.74) is 4.13. The molecule has 0 saturated carbocycles. The maximum atomic E-state index is 13.2. The van der Waals surface area contributed by atoms with E-state index in [-0.39, 0.29) is 6.03 Å². The zero-order valence-corrected chi connectivity index (χ0v) is 19.1. The van der Waals surface area contributed by atoms with Crippen molar-refractivity contribution >= 4 is 6.03 Å². The van der Waals surface area contributed by atoms with Crippen LogP contribution in [0.4, 0.5) is 4.79 Å². The molecule has 170 valence electrons. The molecule has 0 aromatic heterocycles. The van der Waals surface area contributed by atoms with Crippen molar-refractivity contribution in [2.45, 2.75) is 51.1 Å². The fourth-order valence-electron chi connectivity index (χ4n) is 6.00. The van der Waals surface area contributed by atoms with Crippen LogP contribution in [0, 0.1) is 5.92 Å². The molecule has 0 bridgehead atoms. The zero-order valence-electron chi connectivity index (χ0n) is 19.1. The van der Waals surface area contributed by atoms with Gasteiger partial charge in [-0.15, -0.1) is 0 Å². The summed E-state index contributed by atoms with van der Waals surface area (Å²) in [6.07, 6.45) is 5.35. The third kappa shape index (κ3) is 4.36. The molecule has 0 radical (unpaired) electrons. The summed E-state index contributed by atoms with van der Waals surface area (Å²) in [7, 11) is 0. The SMILES string of the molecule is CCOc1ccc2c(c1)CCN1C[C@H]3CCCN(C(=O)NCCc4ccccc4)[C@H]3C[C@H]21.